The predicted molar refractivity (Wildman–Crippen MR) is 335 cm³/mol. The minimum atomic E-state index is -0.963. The van der Waals surface area contributed by atoms with E-state index in [2.05, 4.69) is 0 Å². The highest BCUT2D eigenvalue weighted by atomic mass is 16.7. The summed E-state index contributed by atoms with van der Waals surface area (Å²) in [5.74, 6) is -0.442. The molecule has 7 nitrogen and oxygen atoms in total. The number of oxime groups is 1. The van der Waals surface area contributed by atoms with Gasteiger partial charge in [-0.3, -0.25) is 9.69 Å². The van der Waals surface area contributed by atoms with Gasteiger partial charge < -0.3 is 14.3 Å². The maximum absolute atomic E-state index is 14.4. The molecule has 0 atom stereocenters. The fourth-order valence-corrected chi connectivity index (χ4v) is 25.8. The summed E-state index contributed by atoms with van der Waals surface area (Å²) in [7, 11) is 0. The van der Waals surface area contributed by atoms with Crippen LogP contribution in [0.4, 0.5) is 4.79 Å². The number of hydrogen-bond acceptors (Lipinski definition) is 6. The monoisotopic (exact) mass is 1030 g/mol. The van der Waals surface area contributed by atoms with E-state index in [9.17, 15) is 9.59 Å². The van der Waals surface area contributed by atoms with Gasteiger partial charge in [-0.05, 0) is 356 Å². The molecule has 0 unspecified atom stereocenters. The SMILES string of the molecule is CC(C)(C)OC(=O)CN(CCCC1=NOC23c4c5c6c7c8c9c(c%10c%11c2c2c4c4c%12c5c5c6c6c8c8c%13c9c9c%10c%10c%11c%11c2c2c4c4c%12c%12c5c5c6c8c6c8c%13c9c9c%10c%10c%11c2c2c4c4c%12c5c6c5c8c9c%10c2c45)C173)C(=O)OC(C)(C)C. The summed E-state index contributed by atoms with van der Waals surface area (Å²) < 4.78 is 12.0. The van der Waals surface area contributed by atoms with E-state index in [1.165, 1.54) is 162 Å². The molecule has 1 amide bonds. The third kappa shape index (κ3) is 2.15. The van der Waals surface area contributed by atoms with Crippen LogP contribution in [-0.4, -0.2) is 47.0 Å². The summed E-state index contributed by atoms with van der Waals surface area (Å²) >= 11 is 0. The largest absolute Gasteiger partial charge is 0.459 e. The van der Waals surface area contributed by atoms with E-state index >= 15 is 0 Å². The lowest BCUT2D eigenvalue weighted by molar-refractivity contribution is -0.156. The fourth-order valence-electron chi connectivity index (χ4n) is 25.8. The van der Waals surface area contributed by atoms with Crippen molar-refractivity contribution in [2.24, 2.45) is 5.16 Å². The molecule has 28 aromatic rings. The third-order valence-corrected chi connectivity index (χ3v) is 26.2. The highest BCUT2D eigenvalue weighted by Gasteiger charge is 2.76. The van der Waals surface area contributed by atoms with Crippen LogP contribution >= 0.6 is 0 Å². The molecule has 0 saturated heterocycles. The standard InChI is InChI=1S/C75H26N2O5/c1-72(2,3)80-12(78)10-77(71(79)81-73(4,5)6)9-7-8-11-74-67-59-51-41-31-23-15-13-14-17-21-19(15)27-35-29(21)39-33-25(17)26-18(14)22-20-16(13)24(23)32-38-28(20)36-30(22)40-34(26)44-43(33)55-49(39)57-47(35)53(45(51)37(27)31)61(67)63(57)69-65(55)66-56(44)50(40)58-48(36)54-46(38)52(42(32)41)60(59)68(74)62(54)64(58)70(66)75(69,74)82-76-11/h7-10H2,1-6H3. The second-order valence-electron chi connectivity index (χ2n) is 30.4. The van der Waals surface area contributed by atoms with Crippen LogP contribution in [0.25, 0.3) is 291 Å². The predicted octanol–water partition coefficient (Wildman–Crippen LogP) is 19.0. The van der Waals surface area contributed by atoms with Crippen LogP contribution in [0.2, 0.25) is 0 Å². The average molecular weight is 1040 g/mol. The molecule has 0 bridgehead atoms. The molecule has 0 saturated carbocycles. The van der Waals surface area contributed by atoms with Gasteiger partial charge in [-0.1, -0.05) is 5.16 Å². The first-order valence-corrected chi connectivity index (χ1v) is 30.1. The summed E-state index contributed by atoms with van der Waals surface area (Å²) in [6, 6.07) is 0. The van der Waals surface area contributed by atoms with Crippen molar-refractivity contribution in [2.45, 2.75) is 76.6 Å². The second kappa shape index (κ2) is 8.22. The summed E-state index contributed by atoms with van der Waals surface area (Å²) in [6.45, 7) is 11.4. The summed E-state index contributed by atoms with van der Waals surface area (Å²) in [6.07, 6.45) is 0.633. The lowest BCUT2D eigenvalue weighted by Crippen LogP contribution is -2.54. The van der Waals surface area contributed by atoms with E-state index in [1.807, 2.05) is 41.5 Å². The van der Waals surface area contributed by atoms with Gasteiger partial charge in [-0.25, -0.2) is 4.79 Å². The maximum atomic E-state index is 14.4. The Morgan fingerprint density at radius 2 is 0.585 bits per heavy atom. The van der Waals surface area contributed by atoms with Gasteiger partial charge in [0.2, 0.25) is 5.60 Å². The third-order valence-electron chi connectivity index (χ3n) is 26.2. The van der Waals surface area contributed by atoms with Gasteiger partial charge in [0.15, 0.2) is 0 Å². The smallest absolute Gasteiger partial charge is 0.410 e. The highest BCUT2D eigenvalue weighted by Crippen LogP contribution is 2.85. The molecule has 1 heterocycles. The van der Waals surface area contributed by atoms with Crippen LogP contribution in [0.3, 0.4) is 0 Å². The second-order valence-corrected chi connectivity index (χ2v) is 30.4. The van der Waals surface area contributed by atoms with Gasteiger partial charge in [0.05, 0.1) is 5.71 Å². The van der Waals surface area contributed by atoms with E-state index in [4.69, 9.17) is 19.5 Å². The molecular formula is C75H26N2O5. The Bertz CT molecular complexity index is 7530. The number of benzene rings is 18. The maximum Gasteiger partial charge on any atom is 0.410 e. The molecule has 0 aromatic heterocycles. The van der Waals surface area contributed by atoms with E-state index in [-0.39, 0.29) is 6.54 Å². The molecule has 5 aliphatic rings. The number of amides is 1. The van der Waals surface area contributed by atoms with Gasteiger partial charge >= 0.3 is 12.1 Å². The Hall–Kier alpha value is -9.33. The zero-order chi connectivity index (χ0) is 51.5. The lowest BCUT2D eigenvalue weighted by atomic mass is 9.52. The van der Waals surface area contributed by atoms with Crippen molar-refractivity contribution in [2.75, 3.05) is 13.1 Å². The molecule has 0 fully saturated rings. The van der Waals surface area contributed by atoms with Crippen molar-refractivity contribution < 1.29 is 23.9 Å². The molecule has 0 N–H and O–H groups in total. The first-order valence-electron chi connectivity index (χ1n) is 30.1. The van der Waals surface area contributed by atoms with Crippen molar-refractivity contribution in [3.63, 3.8) is 0 Å². The minimum absolute atomic E-state index is 0.197. The molecule has 0 radical (unpaired) electrons. The molecule has 7 heteroatoms. The normalized spacial score (nSPS) is 21.1. The van der Waals surface area contributed by atoms with Crippen LogP contribution in [0.1, 0.15) is 76.6 Å². The Kier molecular flexibility index (Phi) is 3.48. The topological polar surface area (TPSA) is 77.4 Å². The Balaban J connectivity index is 0.896. The summed E-state index contributed by atoms with van der Waals surface area (Å²) in [4.78, 5) is 37.9. The Morgan fingerprint density at radius 1 is 0.354 bits per heavy atom. The number of ether oxygens (including phenoxy) is 2. The van der Waals surface area contributed by atoms with Crippen LogP contribution < -0.4 is 0 Å². The van der Waals surface area contributed by atoms with Crippen molar-refractivity contribution >= 4 is 309 Å². The first-order chi connectivity index (χ1) is 39.9. The van der Waals surface area contributed by atoms with Crippen molar-refractivity contribution in [3.05, 3.63) is 22.3 Å². The van der Waals surface area contributed by atoms with Gasteiger partial charge in [-0.2, -0.15) is 0 Å². The molecule has 33 rings (SSSR count). The zero-order valence-electron chi connectivity index (χ0n) is 44.3. The number of nitrogens with zero attached hydrogens (tertiary/aromatic N) is 2. The van der Waals surface area contributed by atoms with E-state index in [1.54, 1.807) is 156 Å². The first kappa shape index (κ1) is 34.7. The number of rotatable bonds is 6. The van der Waals surface area contributed by atoms with Crippen molar-refractivity contribution in [1.29, 1.82) is 0 Å². The molecule has 1 aliphatic heterocycles. The fraction of sp³-hybridized carbons (Fsp3) is 0.187. The van der Waals surface area contributed by atoms with Gasteiger partial charge in [0.25, 0.3) is 0 Å². The average Bonchev–Trinajstić information content (AvgIpc) is 1.39. The summed E-state index contributed by atoms with van der Waals surface area (Å²) in [5.41, 5.74) is 3.61. The van der Waals surface area contributed by atoms with Crippen LogP contribution in [0.5, 0.6) is 0 Å². The highest BCUT2D eigenvalue weighted by molar-refractivity contribution is 6.82. The van der Waals surface area contributed by atoms with E-state index in [0.29, 0.717) is 19.4 Å². The quantitative estimate of drug-likeness (QED) is 0.122. The van der Waals surface area contributed by atoms with Crippen molar-refractivity contribution in [1.82, 2.24) is 4.90 Å². The molecular weight excluding hydrogens is 1010 g/mol. The zero-order valence-corrected chi connectivity index (χ0v) is 44.3. The number of hydrogen-bond donors (Lipinski definition) is 0. The van der Waals surface area contributed by atoms with Crippen LogP contribution in [0, 0.1) is 0 Å². The molecule has 2 spiro atoms. The lowest BCUT2D eigenvalue weighted by Gasteiger charge is -2.47. The number of carbonyl (C=O) groups is 2. The van der Waals surface area contributed by atoms with Gasteiger partial charge in [0, 0.05) is 17.7 Å². The summed E-state index contributed by atoms with van der Waals surface area (Å²) in [5, 5.41) is 89.1. The molecule has 366 valence electrons. The van der Waals surface area contributed by atoms with Crippen LogP contribution in [0.15, 0.2) is 5.16 Å². The molecule has 82 heavy (non-hydrogen) atoms. The van der Waals surface area contributed by atoms with Gasteiger partial charge in [0.1, 0.15) is 23.2 Å². The number of esters is 1. The van der Waals surface area contributed by atoms with Crippen LogP contribution in [-0.2, 0) is 30.1 Å². The van der Waals surface area contributed by atoms with Crippen molar-refractivity contribution in [3.8, 4) is 0 Å². The van der Waals surface area contributed by atoms with Gasteiger partial charge in [-0.15, -0.1) is 0 Å². The molecule has 28 aromatic carbocycles. The molecule has 4 aliphatic carbocycles. The van der Waals surface area contributed by atoms with E-state index in [0.717, 1.165) is 5.71 Å². The van der Waals surface area contributed by atoms with E-state index < -0.39 is 34.3 Å². The minimum Gasteiger partial charge on any atom is -0.459 e. The Morgan fingerprint density at radius 3 is 0.829 bits per heavy atom. The Labute approximate surface area is 452 Å². The number of carbonyl (C=O) groups excluding carboxylic acids is 2.